The van der Waals surface area contributed by atoms with E-state index < -0.39 is 0 Å². The van der Waals surface area contributed by atoms with Crippen molar-refractivity contribution in [2.45, 2.75) is 26.2 Å². The quantitative estimate of drug-likeness (QED) is 0.679. The summed E-state index contributed by atoms with van der Waals surface area (Å²) in [6.45, 7) is 6.72. The van der Waals surface area contributed by atoms with Crippen LogP contribution in [0.4, 0.5) is 5.13 Å². The molecule has 160 valence electrons. The van der Waals surface area contributed by atoms with Crippen LogP contribution in [-0.2, 0) is 11.2 Å². The predicted molar refractivity (Wildman–Crippen MR) is 118 cm³/mol. The van der Waals surface area contributed by atoms with Crippen LogP contribution in [0, 0.1) is 12.8 Å². The fourth-order valence-corrected chi connectivity index (χ4v) is 4.31. The van der Waals surface area contributed by atoms with Crippen molar-refractivity contribution in [3.63, 3.8) is 0 Å². The summed E-state index contributed by atoms with van der Waals surface area (Å²) in [5.74, 6) is 0.904. The summed E-state index contributed by atoms with van der Waals surface area (Å²) in [4.78, 5) is 31.7. The van der Waals surface area contributed by atoms with Crippen LogP contribution in [0.3, 0.4) is 0 Å². The SMILES string of the molecule is C=CCc1cc(C(=O)N2CCC(C(=O)Nc3nc(C)cs3)CC2)cc(OC)c1OC. The maximum atomic E-state index is 13.1. The number of hydrogen-bond donors (Lipinski definition) is 1. The zero-order chi connectivity index (χ0) is 21.7. The molecule has 1 fully saturated rings. The number of piperidine rings is 1. The number of aromatic nitrogens is 1. The number of allylic oxidation sites excluding steroid dienone is 1. The highest BCUT2D eigenvalue weighted by Crippen LogP contribution is 2.34. The van der Waals surface area contributed by atoms with Crippen molar-refractivity contribution >= 4 is 28.3 Å². The Morgan fingerprint density at radius 3 is 2.60 bits per heavy atom. The number of methoxy groups -OCH3 is 2. The third kappa shape index (κ3) is 4.81. The van der Waals surface area contributed by atoms with E-state index in [2.05, 4.69) is 16.9 Å². The van der Waals surface area contributed by atoms with E-state index in [9.17, 15) is 9.59 Å². The zero-order valence-corrected chi connectivity index (χ0v) is 18.4. The van der Waals surface area contributed by atoms with E-state index >= 15 is 0 Å². The summed E-state index contributed by atoms with van der Waals surface area (Å²) in [5.41, 5.74) is 2.29. The third-order valence-electron chi connectivity index (χ3n) is 5.17. The van der Waals surface area contributed by atoms with Crippen molar-refractivity contribution in [3.05, 3.63) is 47.0 Å². The molecule has 0 spiro atoms. The fourth-order valence-electron chi connectivity index (χ4n) is 3.62. The van der Waals surface area contributed by atoms with Crippen LogP contribution >= 0.6 is 11.3 Å². The van der Waals surface area contributed by atoms with Crippen molar-refractivity contribution in [2.24, 2.45) is 5.92 Å². The highest BCUT2D eigenvalue weighted by molar-refractivity contribution is 7.13. The van der Waals surface area contributed by atoms with E-state index in [0.29, 0.717) is 54.5 Å². The molecule has 1 aliphatic rings. The fraction of sp³-hybridized carbons (Fsp3) is 0.409. The molecule has 0 aliphatic carbocycles. The molecule has 0 radical (unpaired) electrons. The van der Waals surface area contributed by atoms with Crippen LogP contribution in [0.5, 0.6) is 11.5 Å². The van der Waals surface area contributed by atoms with Gasteiger partial charge in [0.1, 0.15) is 0 Å². The minimum absolute atomic E-state index is 0.0316. The molecule has 2 aromatic rings. The van der Waals surface area contributed by atoms with E-state index in [4.69, 9.17) is 9.47 Å². The summed E-state index contributed by atoms with van der Waals surface area (Å²) >= 11 is 1.42. The summed E-state index contributed by atoms with van der Waals surface area (Å²) < 4.78 is 10.9. The first-order valence-corrected chi connectivity index (χ1v) is 10.7. The van der Waals surface area contributed by atoms with E-state index in [1.165, 1.54) is 11.3 Å². The first kappa shape index (κ1) is 21.8. The second-order valence-electron chi connectivity index (χ2n) is 7.21. The van der Waals surface area contributed by atoms with Crippen molar-refractivity contribution in [1.29, 1.82) is 0 Å². The Bertz CT molecular complexity index is 932. The molecule has 1 aliphatic heterocycles. The number of rotatable bonds is 7. The van der Waals surface area contributed by atoms with E-state index in [0.717, 1.165) is 11.3 Å². The van der Waals surface area contributed by atoms with Gasteiger partial charge in [-0.2, -0.15) is 0 Å². The molecule has 1 saturated heterocycles. The second-order valence-corrected chi connectivity index (χ2v) is 8.07. The van der Waals surface area contributed by atoms with Gasteiger partial charge < -0.3 is 19.7 Å². The number of likely N-dealkylation sites (tertiary alicyclic amines) is 1. The van der Waals surface area contributed by atoms with E-state index in [1.54, 1.807) is 31.3 Å². The van der Waals surface area contributed by atoms with Gasteiger partial charge in [-0.25, -0.2) is 4.98 Å². The normalized spacial score (nSPS) is 14.3. The highest BCUT2D eigenvalue weighted by Gasteiger charge is 2.29. The number of carbonyl (C=O) groups excluding carboxylic acids is 2. The van der Waals surface area contributed by atoms with Crippen molar-refractivity contribution in [2.75, 3.05) is 32.6 Å². The molecule has 8 heteroatoms. The average Bonchev–Trinajstić information content (AvgIpc) is 3.17. The number of hydrogen-bond acceptors (Lipinski definition) is 6. The molecule has 2 amide bonds. The number of benzene rings is 1. The topological polar surface area (TPSA) is 80.8 Å². The number of thiazole rings is 1. The Morgan fingerprint density at radius 2 is 2.03 bits per heavy atom. The number of nitrogens with one attached hydrogen (secondary N) is 1. The van der Waals surface area contributed by atoms with Gasteiger partial charge in [0, 0.05) is 35.5 Å². The van der Waals surface area contributed by atoms with Crippen molar-refractivity contribution in [3.8, 4) is 11.5 Å². The number of amides is 2. The van der Waals surface area contributed by atoms with Crippen LogP contribution < -0.4 is 14.8 Å². The van der Waals surface area contributed by atoms with Gasteiger partial charge in [-0.3, -0.25) is 9.59 Å². The lowest BCUT2D eigenvalue weighted by atomic mass is 9.95. The van der Waals surface area contributed by atoms with Gasteiger partial charge in [-0.1, -0.05) is 6.08 Å². The van der Waals surface area contributed by atoms with E-state index in [1.807, 2.05) is 18.4 Å². The van der Waals surface area contributed by atoms with Crippen LogP contribution in [0.2, 0.25) is 0 Å². The first-order chi connectivity index (χ1) is 14.5. The lowest BCUT2D eigenvalue weighted by molar-refractivity contribution is -0.121. The predicted octanol–water partition coefficient (Wildman–Crippen LogP) is 3.69. The van der Waals surface area contributed by atoms with Crippen molar-refractivity contribution in [1.82, 2.24) is 9.88 Å². The molecule has 7 nitrogen and oxygen atoms in total. The minimum atomic E-state index is -0.125. The van der Waals surface area contributed by atoms with Gasteiger partial charge in [0.15, 0.2) is 16.6 Å². The molecule has 2 heterocycles. The molecule has 0 unspecified atom stereocenters. The van der Waals surface area contributed by atoms with Crippen LogP contribution in [-0.4, -0.2) is 49.0 Å². The first-order valence-electron chi connectivity index (χ1n) is 9.84. The molecule has 1 aromatic carbocycles. The van der Waals surface area contributed by atoms with Gasteiger partial charge in [-0.05, 0) is 38.3 Å². The smallest absolute Gasteiger partial charge is 0.254 e. The molecule has 30 heavy (non-hydrogen) atoms. The van der Waals surface area contributed by atoms with Crippen LogP contribution in [0.1, 0.15) is 34.5 Å². The summed E-state index contributed by atoms with van der Waals surface area (Å²) in [6, 6.07) is 3.53. The van der Waals surface area contributed by atoms with Crippen LogP contribution in [0.25, 0.3) is 0 Å². The number of aryl methyl sites for hydroxylation is 1. The molecule has 0 saturated carbocycles. The molecule has 1 aromatic heterocycles. The number of anilines is 1. The van der Waals surface area contributed by atoms with Gasteiger partial charge in [0.2, 0.25) is 5.91 Å². The second kappa shape index (κ2) is 9.75. The summed E-state index contributed by atoms with van der Waals surface area (Å²) in [6.07, 6.45) is 3.57. The molecule has 0 atom stereocenters. The van der Waals surface area contributed by atoms with Crippen LogP contribution in [0.15, 0.2) is 30.2 Å². The number of ether oxygens (including phenoxy) is 2. The molecule has 3 rings (SSSR count). The highest BCUT2D eigenvalue weighted by atomic mass is 32.1. The lowest BCUT2D eigenvalue weighted by Crippen LogP contribution is -2.41. The third-order valence-corrected chi connectivity index (χ3v) is 6.04. The zero-order valence-electron chi connectivity index (χ0n) is 17.6. The molecule has 0 bridgehead atoms. The summed E-state index contributed by atoms with van der Waals surface area (Å²) in [5, 5.41) is 5.41. The average molecular weight is 430 g/mol. The Labute approximate surface area is 180 Å². The molecular weight excluding hydrogens is 402 g/mol. The van der Waals surface area contributed by atoms with Gasteiger partial charge in [-0.15, -0.1) is 17.9 Å². The number of carbonyl (C=O) groups is 2. The minimum Gasteiger partial charge on any atom is -0.493 e. The number of nitrogens with zero attached hydrogens (tertiary/aromatic N) is 2. The molecular formula is C22H27N3O4S. The Morgan fingerprint density at radius 1 is 1.30 bits per heavy atom. The maximum Gasteiger partial charge on any atom is 0.254 e. The van der Waals surface area contributed by atoms with Gasteiger partial charge in [0.05, 0.1) is 19.9 Å². The lowest BCUT2D eigenvalue weighted by Gasteiger charge is -2.31. The van der Waals surface area contributed by atoms with Gasteiger partial charge in [0.25, 0.3) is 5.91 Å². The maximum absolute atomic E-state index is 13.1. The standard InChI is InChI=1S/C22H27N3O4S/c1-5-6-16-11-17(12-18(28-3)19(16)29-4)21(27)25-9-7-15(8-10-25)20(26)24-22-23-14(2)13-30-22/h5,11-13,15H,1,6-10H2,2-4H3,(H,23,24,26). The van der Waals surface area contributed by atoms with Crippen molar-refractivity contribution < 1.29 is 19.1 Å². The Balaban J connectivity index is 1.66. The summed E-state index contributed by atoms with van der Waals surface area (Å²) in [7, 11) is 3.13. The monoisotopic (exact) mass is 429 g/mol. The molecule has 1 N–H and O–H groups in total. The Hall–Kier alpha value is -2.87. The Kier molecular flexibility index (Phi) is 7.10. The van der Waals surface area contributed by atoms with Gasteiger partial charge >= 0.3 is 0 Å². The largest absolute Gasteiger partial charge is 0.493 e. The van der Waals surface area contributed by atoms with E-state index in [-0.39, 0.29) is 17.7 Å².